The lowest BCUT2D eigenvalue weighted by molar-refractivity contribution is 0.342. The Morgan fingerprint density at radius 2 is 1.94 bits per heavy atom. The summed E-state index contributed by atoms with van der Waals surface area (Å²) in [5, 5.41) is 0. The monoisotopic (exact) mass is 216 g/mol. The zero-order valence-corrected chi connectivity index (χ0v) is 9.67. The Labute approximate surface area is 96.9 Å². The molecule has 84 valence electrons. The van der Waals surface area contributed by atoms with E-state index < -0.39 is 0 Å². The molecule has 0 N–H and O–H groups in total. The van der Waals surface area contributed by atoms with Crippen LogP contribution in [0.2, 0.25) is 0 Å². The second-order valence-corrected chi connectivity index (χ2v) is 4.84. The van der Waals surface area contributed by atoms with Crippen LogP contribution in [0.25, 0.3) is 0 Å². The molecular formula is C15H17F. The molecule has 0 unspecified atom stereocenters. The Balaban J connectivity index is 2.18. The van der Waals surface area contributed by atoms with E-state index in [1.807, 2.05) is 12.1 Å². The lowest BCUT2D eigenvalue weighted by atomic mass is 9.79. The molecule has 2 rings (SSSR count). The molecule has 0 radical (unpaired) electrons. The molecule has 0 saturated heterocycles. The van der Waals surface area contributed by atoms with E-state index in [-0.39, 0.29) is 5.82 Å². The second kappa shape index (κ2) is 4.70. The van der Waals surface area contributed by atoms with E-state index in [4.69, 9.17) is 6.42 Å². The molecule has 0 aromatic heterocycles. The molecule has 1 aromatic rings. The van der Waals surface area contributed by atoms with Crippen molar-refractivity contribution < 1.29 is 4.39 Å². The topological polar surface area (TPSA) is 0 Å². The summed E-state index contributed by atoms with van der Waals surface area (Å²) in [5.74, 6) is 3.52. The summed E-state index contributed by atoms with van der Waals surface area (Å²) in [7, 11) is 0. The average Bonchev–Trinajstić information content (AvgIpc) is 2.30. The minimum Gasteiger partial charge on any atom is -0.207 e. The van der Waals surface area contributed by atoms with Crippen molar-refractivity contribution in [1.82, 2.24) is 0 Å². The van der Waals surface area contributed by atoms with Gasteiger partial charge in [-0.05, 0) is 42.4 Å². The van der Waals surface area contributed by atoms with Gasteiger partial charge in [0.05, 0.1) is 0 Å². The van der Waals surface area contributed by atoms with Crippen molar-refractivity contribution in [3.8, 4) is 12.3 Å². The van der Waals surface area contributed by atoms with E-state index in [1.54, 1.807) is 0 Å². The summed E-state index contributed by atoms with van der Waals surface area (Å²) in [6.45, 7) is 2.27. The summed E-state index contributed by atoms with van der Waals surface area (Å²) >= 11 is 0. The van der Waals surface area contributed by atoms with Gasteiger partial charge in [-0.15, -0.1) is 6.42 Å². The fourth-order valence-corrected chi connectivity index (χ4v) is 2.52. The third kappa shape index (κ3) is 2.27. The van der Waals surface area contributed by atoms with Crippen molar-refractivity contribution in [3.05, 3.63) is 35.1 Å². The molecule has 1 aromatic carbocycles. The fraction of sp³-hybridized carbons (Fsp3) is 0.467. The second-order valence-electron chi connectivity index (χ2n) is 4.84. The molecule has 1 heteroatoms. The van der Waals surface area contributed by atoms with Crippen molar-refractivity contribution in [2.75, 3.05) is 0 Å². The SMILES string of the molecule is C#Cc1ccc(C2CCC(C)CC2)c(F)c1. The Morgan fingerprint density at radius 1 is 1.25 bits per heavy atom. The van der Waals surface area contributed by atoms with E-state index in [0.29, 0.717) is 11.5 Å². The molecule has 0 heterocycles. The van der Waals surface area contributed by atoms with Crippen molar-refractivity contribution >= 4 is 0 Å². The molecule has 0 aliphatic heterocycles. The Morgan fingerprint density at radius 3 is 2.50 bits per heavy atom. The first-order valence-corrected chi connectivity index (χ1v) is 5.96. The summed E-state index contributed by atoms with van der Waals surface area (Å²) in [6, 6.07) is 5.19. The van der Waals surface area contributed by atoms with Crippen LogP contribution < -0.4 is 0 Å². The minimum atomic E-state index is -0.130. The Bertz CT molecular complexity index is 406. The van der Waals surface area contributed by atoms with E-state index in [0.717, 1.165) is 24.3 Å². The van der Waals surface area contributed by atoms with Gasteiger partial charge in [0.2, 0.25) is 0 Å². The zero-order chi connectivity index (χ0) is 11.5. The zero-order valence-electron chi connectivity index (χ0n) is 9.67. The van der Waals surface area contributed by atoms with Crippen LogP contribution >= 0.6 is 0 Å². The molecule has 0 spiro atoms. The number of benzene rings is 1. The van der Waals surface area contributed by atoms with E-state index in [9.17, 15) is 4.39 Å². The quantitative estimate of drug-likeness (QED) is 0.620. The Kier molecular flexibility index (Phi) is 3.29. The smallest absolute Gasteiger partial charge is 0.127 e. The molecule has 0 amide bonds. The predicted molar refractivity (Wildman–Crippen MR) is 64.7 cm³/mol. The van der Waals surface area contributed by atoms with Crippen LogP contribution in [0.3, 0.4) is 0 Å². The highest BCUT2D eigenvalue weighted by molar-refractivity contribution is 5.36. The van der Waals surface area contributed by atoms with Crippen molar-refractivity contribution in [3.63, 3.8) is 0 Å². The van der Waals surface area contributed by atoms with Crippen LogP contribution in [-0.4, -0.2) is 0 Å². The maximum absolute atomic E-state index is 13.8. The third-order valence-corrected chi connectivity index (χ3v) is 3.62. The van der Waals surface area contributed by atoms with Crippen LogP contribution in [0.5, 0.6) is 0 Å². The van der Waals surface area contributed by atoms with Crippen molar-refractivity contribution in [1.29, 1.82) is 0 Å². The van der Waals surface area contributed by atoms with Crippen LogP contribution in [0.4, 0.5) is 4.39 Å². The van der Waals surface area contributed by atoms with Gasteiger partial charge in [0, 0.05) is 5.56 Å². The average molecular weight is 216 g/mol. The van der Waals surface area contributed by atoms with Gasteiger partial charge in [-0.2, -0.15) is 0 Å². The number of hydrogen-bond acceptors (Lipinski definition) is 0. The lowest BCUT2D eigenvalue weighted by Gasteiger charge is -2.26. The van der Waals surface area contributed by atoms with Gasteiger partial charge in [0.1, 0.15) is 5.82 Å². The molecule has 1 saturated carbocycles. The van der Waals surface area contributed by atoms with Crippen LogP contribution in [0, 0.1) is 24.1 Å². The summed E-state index contributed by atoms with van der Waals surface area (Å²) < 4.78 is 13.8. The molecule has 16 heavy (non-hydrogen) atoms. The van der Waals surface area contributed by atoms with E-state index in [2.05, 4.69) is 12.8 Å². The van der Waals surface area contributed by atoms with Gasteiger partial charge < -0.3 is 0 Å². The van der Waals surface area contributed by atoms with Gasteiger partial charge in [0.15, 0.2) is 0 Å². The minimum absolute atomic E-state index is 0.130. The highest BCUT2D eigenvalue weighted by atomic mass is 19.1. The Hall–Kier alpha value is -1.29. The molecule has 1 aliphatic carbocycles. The maximum atomic E-state index is 13.8. The predicted octanol–water partition coefficient (Wildman–Crippen LogP) is 4.10. The molecule has 1 aliphatic rings. The standard InChI is InChI=1S/C15H17F/c1-3-12-6-9-14(15(16)10-12)13-7-4-11(2)5-8-13/h1,6,9-11,13H,4-5,7-8H2,2H3. The van der Waals surface area contributed by atoms with Crippen molar-refractivity contribution in [2.24, 2.45) is 5.92 Å². The number of hydrogen-bond donors (Lipinski definition) is 0. The van der Waals surface area contributed by atoms with Crippen LogP contribution in [0.1, 0.15) is 49.7 Å². The maximum Gasteiger partial charge on any atom is 0.127 e. The molecular weight excluding hydrogens is 199 g/mol. The summed E-state index contributed by atoms with van der Waals surface area (Å²) in [5.41, 5.74) is 1.48. The highest BCUT2D eigenvalue weighted by Crippen LogP contribution is 2.36. The largest absolute Gasteiger partial charge is 0.207 e. The first-order chi connectivity index (χ1) is 7.70. The number of halogens is 1. The molecule has 0 bridgehead atoms. The highest BCUT2D eigenvalue weighted by Gasteiger charge is 2.21. The van der Waals surface area contributed by atoms with Crippen LogP contribution in [-0.2, 0) is 0 Å². The number of terminal acetylenes is 1. The summed E-state index contributed by atoms with van der Waals surface area (Å²) in [4.78, 5) is 0. The fourth-order valence-electron chi connectivity index (χ4n) is 2.52. The molecule has 0 nitrogen and oxygen atoms in total. The normalized spacial score (nSPS) is 25.1. The lowest BCUT2D eigenvalue weighted by Crippen LogP contribution is -2.12. The van der Waals surface area contributed by atoms with E-state index in [1.165, 1.54) is 18.9 Å². The number of rotatable bonds is 1. The van der Waals surface area contributed by atoms with Gasteiger partial charge in [0.25, 0.3) is 0 Å². The summed E-state index contributed by atoms with van der Waals surface area (Å²) in [6.07, 6.45) is 9.88. The van der Waals surface area contributed by atoms with E-state index >= 15 is 0 Å². The van der Waals surface area contributed by atoms with Crippen molar-refractivity contribution in [2.45, 2.75) is 38.5 Å². The molecule has 0 atom stereocenters. The van der Waals surface area contributed by atoms with Crippen LogP contribution in [0.15, 0.2) is 18.2 Å². The first-order valence-electron chi connectivity index (χ1n) is 5.96. The van der Waals surface area contributed by atoms with Gasteiger partial charge in [-0.3, -0.25) is 0 Å². The van der Waals surface area contributed by atoms with Gasteiger partial charge >= 0.3 is 0 Å². The third-order valence-electron chi connectivity index (χ3n) is 3.62. The molecule has 1 fully saturated rings. The van der Waals surface area contributed by atoms with Gasteiger partial charge in [-0.1, -0.05) is 31.8 Å². The van der Waals surface area contributed by atoms with Gasteiger partial charge in [-0.25, -0.2) is 4.39 Å². The first kappa shape index (κ1) is 11.2.